The Morgan fingerprint density at radius 1 is 1.26 bits per heavy atom. The molecule has 1 aliphatic heterocycles. The van der Waals surface area contributed by atoms with Crippen LogP contribution in [0.4, 0.5) is 0 Å². The number of benzene rings is 1. The Morgan fingerprint density at radius 3 is 3.00 bits per heavy atom. The van der Waals surface area contributed by atoms with Crippen LogP contribution in [0.2, 0.25) is 5.02 Å². The first-order valence-electron chi connectivity index (χ1n) is 7.81. The molecule has 0 radical (unpaired) electrons. The number of hydrogen-bond acceptors (Lipinski definition) is 6. The molecule has 1 saturated carbocycles. The molecule has 0 bridgehead atoms. The fourth-order valence-corrected chi connectivity index (χ4v) is 3.99. The van der Waals surface area contributed by atoms with E-state index in [0.29, 0.717) is 28.5 Å². The molecule has 0 saturated heterocycles. The van der Waals surface area contributed by atoms with Gasteiger partial charge in [-0.25, -0.2) is 0 Å². The summed E-state index contributed by atoms with van der Waals surface area (Å²) in [6.45, 7) is 1.04. The van der Waals surface area contributed by atoms with Gasteiger partial charge in [-0.2, -0.15) is 4.98 Å². The van der Waals surface area contributed by atoms with Crippen LogP contribution in [-0.4, -0.2) is 27.9 Å². The first-order valence-corrected chi connectivity index (χ1v) is 9.17. The lowest BCUT2D eigenvalue weighted by atomic mass is 10.0. The maximum atomic E-state index is 5.89. The first-order chi connectivity index (χ1) is 11.3. The molecule has 2 aromatic rings. The number of aliphatic imine (C=N–C) groups is 1. The highest BCUT2D eigenvalue weighted by molar-refractivity contribution is 8.13. The molecule has 0 spiro atoms. The van der Waals surface area contributed by atoms with Crippen molar-refractivity contribution in [2.24, 2.45) is 10.9 Å². The van der Waals surface area contributed by atoms with Gasteiger partial charge in [0.25, 0.3) is 0 Å². The molecule has 1 aromatic heterocycles. The molecule has 2 aliphatic rings. The highest BCUT2D eigenvalue weighted by Crippen LogP contribution is 2.31. The van der Waals surface area contributed by atoms with E-state index in [9.17, 15) is 0 Å². The van der Waals surface area contributed by atoms with Crippen LogP contribution in [0, 0.1) is 5.92 Å². The van der Waals surface area contributed by atoms with Crippen LogP contribution in [0.1, 0.15) is 25.2 Å². The largest absolute Gasteiger partial charge is 0.365 e. The minimum Gasteiger partial charge on any atom is -0.365 e. The van der Waals surface area contributed by atoms with Gasteiger partial charge in [0, 0.05) is 17.1 Å². The maximum absolute atomic E-state index is 5.89. The average Bonchev–Trinajstić information content (AvgIpc) is 3.22. The zero-order chi connectivity index (χ0) is 15.6. The second kappa shape index (κ2) is 6.53. The number of aromatic nitrogens is 2. The van der Waals surface area contributed by atoms with Crippen molar-refractivity contribution < 1.29 is 4.52 Å². The Labute approximate surface area is 143 Å². The van der Waals surface area contributed by atoms with Crippen LogP contribution in [0.5, 0.6) is 0 Å². The Kier molecular flexibility index (Phi) is 4.27. The maximum Gasteiger partial charge on any atom is 0.237 e. The van der Waals surface area contributed by atoms with E-state index < -0.39 is 0 Å². The van der Waals surface area contributed by atoms with Gasteiger partial charge >= 0.3 is 0 Å². The highest BCUT2D eigenvalue weighted by Gasteiger charge is 2.30. The van der Waals surface area contributed by atoms with Gasteiger partial charge in [-0.15, -0.1) is 0 Å². The quantitative estimate of drug-likeness (QED) is 0.915. The fourth-order valence-electron chi connectivity index (χ4n) is 3.09. The Balaban J connectivity index is 1.39. The highest BCUT2D eigenvalue weighted by atomic mass is 35.5. The van der Waals surface area contributed by atoms with E-state index in [2.05, 4.69) is 15.5 Å². The summed E-state index contributed by atoms with van der Waals surface area (Å²) in [5.41, 5.74) is 0.899. The first kappa shape index (κ1) is 15.0. The zero-order valence-corrected chi connectivity index (χ0v) is 14.1. The third-order valence-corrected chi connectivity index (χ3v) is 5.49. The Hall–Kier alpha value is -1.53. The van der Waals surface area contributed by atoms with Crippen LogP contribution < -0.4 is 5.32 Å². The number of thioether (sulfide) groups is 1. The van der Waals surface area contributed by atoms with E-state index in [1.54, 1.807) is 11.8 Å². The second-order valence-electron chi connectivity index (χ2n) is 5.88. The second-order valence-corrected chi connectivity index (χ2v) is 7.28. The van der Waals surface area contributed by atoms with Crippen molar-refractivity contribution in [2.75, 3.05) is 6.54 Å². The van der Waals surface area contributed by atoms with E-state index in [1.807, 2.05) is 24.3 Å². The molecule has 120 valence electrons. The monoisotopic (exact) mass is 348 g/mol. The molecule has 0 amide bonds. The van der Waals surface area contributed by atoms with Crippen LogP contribution in [0.15, 0.2) is 33.8 Å². The Bertz CT molecular complexity index is 715. The molecule has 0 unspecified atom stereocenters. The molecule has 2 atom stereocenters. The van der Waals surface area contributed by atoms with Crippen LogP contribution >= 0.6 is 23.4 Å². The number of nitrogens with one attached hydrogen (secondary N) is 1. The van der Waals surface area contributed by atoms with Crippen molar-refractivity contribution in [3.8, 4) is 11.4 Å². The number of amidine groups is 1. The summed E-state index contributed by atoms with van der Waals surface area (Å²) >= 11 is 7.52. The lowest BCUT2D eigenvalue weighted by molar-refractivity contribution is 0.392. The zero-order valence-electron chi connectivity index (χ0n) is 12.5. The van der Waals surface area contributed by atoms with E-state index in [0.717, 1.165) is 23.2 Å². The van der Waals surface area contributed by atoms with Gasteiger partial charge in [-0.1, -0.05) is 34.9 Å². The van der Waals surface area contributed by atoms with Crippen LogP contribution in [0.3, 0.4) is 0 Å². The van der Waals surface area contributed by atoms with Crippen LogP contribution in [-0.2, 0) is 5.75 Å². The van der Waals surface area contributed by atoms with E-state index in [4.69, 9.17) is 21.1 Å². The molecule has 4 rings (SSSR count). The third-order valence-electron chi connectivity index (χ3n) is 4.32. The molecule has 23 heavy (non-hydrogen) atoms. The lowest BCUT2D eigenvalue weighted by Crippen LogP contribution is -2.36. The average molecular weight is 349 g/mol. The van der Waals surface area contributed by atoms with E-state index in [1.165, 1.54) is 19.3 Å². The summed E-state index contributed by atoms with van der Waals surface area (Å²) in [6, 6.07) is 7.92. The van der Waals surface area contributed by atoms with Crippen molar-refractivity contribution in [3.63, 3.8) is 0 Å². The van der Waals surface area contributed by atoms with E-state index >= 15 is 0 Å². The van der Waals surface area contributed by atoms with Crippen molar-refractivity contribution in [1.29, 1.82) is 0 Å². The summed E-state index contributed by atoms with van der Waals surface area (Å²) < 4.78 is 5.33. The molecular weight excluding hydrogens is 332 g/mol. The van der Waals surface area contributed by atoms with Crippen LogP contribution in [0.25, 0.3) is 11.4 Å². The summed E-state index contributed by atoms with van der Waals surface area (Å²) in [6.07, 6.45) is 3.82. The van der Waals surface area contributed by atoms with Gasteiger partial charge in [0.05, 0.1) is 11.8 Å². The number of rotatable bonds is 3. The topological polar surface area (TPSA) is 63.3 Å². The summed E-state index contributed by atoms with van der Waals surface area (Å²) in [5.74, 6) is 2.55. The fraction of sp³-hybridized carbons (Fsp3) is 0.438. The molecular formula is C16H17ClN4OS. The van der Waals surface area contributed by atoms with Crippen molar-refractivity contribution in [3.05, 3.63) is 35.2 Å². The molecule has 2 heterocycles. The standard InChI is InChI=1S/C16H17ClN4OS/c17-12-6-4-10(5-7-12)15-20-14(22-21-15)9-23-16-18-8-11-2-1-3-13(11)19-16/h4-7,11,13H,1-3,8-9H2,(H,18,19)/t11-,13-/m0/s1. The van der Waals surface area contributed by atoms with Gasteiger partial charge in [0.15, 0.2) is 5.17 Å². The van der Waals surface area contributed by atoms with Gasteiger partial charge in [-0.05, 0) is 43.0 Å². The predicted molar refractivity (Wildman–Crippen MR) is 92.6 cm³/mol. The summed E-state index contributed by atoms with van der Waals surface area (Å²) in [5, 5.41) is 9.14. The summed E-state index contributed by atoms with van der Waals surface area (Å²) in [7, 11) is 0. The summed E-state index contributed by atoms with van der Waals surface area (Å²) in [4.78, 5) is 9.23. The number of halogens is 1. The predicted octanol–water partition coefficient (Wildman–Crippen LogP) is 3.75. The molecule has 1 aromatic carbocycles. The van der Waals surface area contributed by atoms with Crippen molar-refractivity contribution in [1.82, 2.24) is 15.5 Å². The van der Waals surface area contributed by atoms with Gasteiger partial charge in [0.2, 0.25) is 11.7 Å². The van der Waals surface area contributed by atoms with Gasteiger partial charge in [0.1, 0.15) is 0 Å². The van der Waals surface area contributed by atoms with Crippen molar-refractivity contribution in [2.45, 2.75) is 31.1 Å². The SMILES string of the molecule is Clc1ccc(-c2noc(CSC3=N[C@H]4CCC[C@H]4CN3)n2)cc1. The third kappa shape index (κ3) is 3.38. The normalized spacial score (nSPS) is 23.3. The minimum absolute atomic E-state index is 0.506. The smallest absolute Gasteiger partial charge is 0.237 e. The van der Waals surface area contributed by atoms with Crippen molar-refractivity contribution >= 4 is 28.5 Å². The number of nitrogens with zero attached hydrogens (tertiary/aromatic N) is 3. The van der Waals surface area contributed by atoms with Gasteiger partial charge in [-0.3, -0.25) is 4.99 Å². The minimum atomic E-state index is 0.506. The Morgan fingerprint density at radius 2 is 2.13 bits per heavy atom. The molecule has 7 heteroatoms. The molecule has 5 nitrogen and oxygen atoms in total. The van der Waals surface area contributed by atoms with Gasteiger partial charge < -0.3 is 9.84 Å². The number of fused-ring (bicyclic) bond motifs is 1. The molecule has 1 aliphatic carbocycles. The number of hydrogen-bond donors (Lipinski definition) is 1. The molecule has 1 N–H and O–H groups in total. The lowest BCUT2D eigenvalue weighted by Gasteiger charge is -2.24. The van der Waals surface area contributed by atoms with E-state index in [-0.39, 0.29) is 0 Å². The molecule has 1 fully saturated rings.